The maximum absolute atomic E-state index is 11.5. The summed E-state index contributed by atoms with van der Waals surface area (Å²) >= 11 is 0. The molecule has 0 aromatic heterocycles. The van der Waals surface area contributed by atoms with Crippen LogP contribution in [0.2, 0.25) is 0 Å². The van der Waals surface area contributed by atoms with E-state index in [1.165, 1.54) is 0 Å². The minimum absolute atomic E-state index is 0.424. The van der Waals surface area contributed by atoms with Crippen LogP contribution < -0.4 is 5.73 Å². The molecule has 7 nitrogen and oxygen atoms in total. The lowest BCUT2D eigenvalue weighted by atomic mass is 10.3. The van der Waals surface area contributed by atoms with Crippen LogP contribution in [0.5, 0.6) is 0 Å². The molecule has 0 atom stereocenters. The fourth-order valence-electron chi connectivity index (χ4n) is 1.27. The molecule has 5 amide bonds. The topological polar surface area (TPSA) is 101 Å². The Balaban J connectivity index is 2.95. The first-order valence-corrected chi connectivity index (χ1v) is 4.33. The minimum atomic E-state index is -1.01. The SMILES string of the molecule is CC(C)N1C(=O)C(=O)N(CC(N)=O)C1=O. The molecule has 0 aliphatic carbocycles. The van der Waals surface area contributed by atoms with Gasteiger partial charge in [0.1, 0.15) is 6.54 Å². The monoisotopic (exact) mass is 213 g/mol. The molecule has 82 valence electrons. The number of hydrogen-bond donors (Lipinski definition) is 1. The third kappa shape index (κ3) is 1.80. The van der Waals surface area contributed by atoms with Gasteiger partial charge in [0, 0.05) is 6.04 Å². The Morgan fingerprint density at radius 2 is 1.80 bits per heavy atom. The van der Waals surface area contributed by atoms with Gasteiger partial charge in [0.2, 0.25) is 5.91 Å². The average Bonchev–Trinajstić information content (AvgIpc) is 2.29. The summed E-state index contributed by atoms with van der Waals surface area (Å²) in [5.41, 5.74) is 4.85. The number of imide groups is 2. The number of rotatable bonds is 3. The van der Waals surface area contributed by atoms with Crippen LogP contribution in [0.15, 0.2) is 0 Å². The number of hydrogen-bond acceptors (Lipinski definition) is 4. The molecule has 1 heterocycles. The Bertz CT molecular complexity index is 350. The molecule has 2 N–H and O–H groups in total. The van der Waals surface area contributed by atoms with Gasteiger partial charge < -0.3 is 5.73 Å². The summed E-state index contributed by atoms with van der Waals surface area (Å²) in [4.78, 5) is 46.0. The Morgan fingerprint density at radius 3 is 2.13 bits per heavy atom. The zero-order chi connectivity index (χ0) is 11.7. The largest absolute Gasteiger partial charge is 0.368 e. The lowest BCUT2D eigenvalue weighted by Gasteiger charge is -2.17. The summed E-state index contributed by atoms with van der Waals surface area (Å²) in [5, 5.41) is 0. The fraction of sp³-hybridized carbons (Fsp3) is 0.500. The molecule has 1 aliphatic heterocycles. The van der Waals surface area contributed by atoms with Crippen molar-refractivity contribution in [3.05, 3.63) is 0 Å². The number of primary amides is 1. The molecular weight excluding hydrogens is 202 g/mol. The second-order valence-corrected chi connectivity index (χ2v) is 3.41. The first kappa shape index (κ1) is 11.2. The molecule has 1 rings (SSSR count). The van der Waals surface area contributed by atoms with Gasteiger partial charge in [0.25, 0.3) is 0 Å². The normalized spacial score (nSPS) is 16.9. The molecule has 1 aliphatic rings. The summed E-state index contributed by atoms with van der Waals surface area (Å²) in [5.74, 6) is -2.76. The van der Waals surface area contributed by atoms with Crippen molar-refractivity contribution in [2.45, 2.75) is 19.9 Å². The highest BCUT2D eigenvalue weighted by Crippen LogP contribution is 2.14. The maximum atomic E-state index is 11.5. The van der Waals surface area contributed by atoms with Crippen molar-refractivity contribution in [3.8, 4) is 0 Å². The third-order valence-corrected chi connectivity index (χ3v) is 1.91. The van der Waals surface area contributed by atoms with Crippen molar-refractivity contribution in [2.75, 3.05) is 6.54 Å². The van der Waals surface area contributed by atoms with Gasteiger partial charge >= 0.3 is 17.8 Å². The molecule has 0 bridgehead atoms. The molecule has 1 saturated heterocycles. The molecule has 0 radical (unpaired) electrons. The van der Waals surface area contributed by atoms with Crippen molar-refractivity contribution < 1.29 is 19.2 Å². The highest BCUT2D eigenvalue weighted by atomic mass is 16.2. The smallest absolute Gasteiger partial charge is 0.334 e. The van der Waals surface area contributed by atoms with E-state index in [-0.39, 0.29) is 0 Å². The first-order chi connectivity index (χ1) is 6.86. The van der Waals surface area contributed by atoms with Crippen LogP contribution in [0.4, 0.5) is 4.79 Å². The summed E-state index contributed by atoms with van der Waals surface area (Å²) in [6.45, 7) is 2.63. The Morgan fingerprint density at radius 1 is 1.27 bits per heavy atom. The van der Waals surface area contributed by atoms with Crippen LogP contribution in [-0.2, 0) is 14.4 Å². The van der Waals surface area contributed by atoms with Gasteiger partial charge in [0.05, 0.1) is 0 Å². The van der Waals surface area contributed by atoms with Crippen molar-refractivity contribution in [3.63, 3.8) is 0 Å². The van der Waals surface area contributed by atoms with Crippen LogP contribution in [0.3, 0.4) is 0 Å². The van der Waals surface area contributed by atoms with Crippen molar-refractivity contribution in [2.24, 2.45) is 5.73 Å². The minimum Gasteiger partial charge on any atom is -0.368 e. The van der Waals surface area contributed by atoms with Crippen molar-refractivity contribution in [1.29, 1.82) is 0 Å². The van der Waals surface area contributed by atoms with E-state index in [1.807, 2.05) is 0 Å². The second kappa shape index (κ2) is 3.68. The first-order valence-electron chi connectivity index (χ1n) is 4.33. The van der Waals surface area contributed by atoms with E-state index < -0.39 is 36.3 Å². The van der Waals surface area contributed by atoms with Crippen LogP contribution >= 0.6 is 0 Å². The van der Waals surface area contributed by atoms with Gasteiger partial charge in [-0.05, 0) is 13.8 Å². The van der Waals surface area contributed by atoms with E-state index in [0.717, 1.165) is 4.90 Å². The molecule has 1 fully saturated rings. The molecule has 7 heteroatoms. The Labute approximate surface area is 85.8 Å². The molecule has 0 aromatic rings. The van der Waals surface area contributed by atoms with Crippen molar-refractivity contribution >= 4 is 23.8 Å². The number of nitrogens with zero attached hydrogens (tertiary/aromatic N) is 2. The van der Waals surface area contributed by atoms with E-state index in [9.17, 15) is 19.2 Å². The van der Waals surface area contributed by atoms with E-state index in [2.05, 4.69) is 0 Å². The summed E-state index contributed by atoms with van der Waals surface area (Å²) in [6.07, 6.45) is 0. The van der Waals surface area contributed by atoms with E-state index in [1.54, 1.807) is 13.8 Å². The fourth-order valence-corrected chi connectivity index (χ4v) is 1.27. The highest BCUT2D eigenvalue weighted by Gasteiger charge is 2.45. The van der Waals surface area contributed by atoms with Crippen LogP contribution in [-0.4, -0.2) is 46.1 Å². The zero-order valence-electron chi connectivity index (χ0n) is 8.39. The maximum Gasteiger partial charge on any atom is 0.334 e. The number of urea groups is 1. The molecule has 15 heavy (non-hydrogen) atoms. The molecular formula is C8H11N3O4. The predicted octanol–water partition coefficient (Wildman–Crippen LogP) is -1.33. The second-order valence-electron chi connectivity index (χ2n) is 3.41. The van der Waals surface area contributed by atoms with Gasteiger partial charge in [-0.15, -0.1) is 0 Å². The van der Waals surface area contributed by atoms with E-state index >= 15 is 0 Å². The zero-order valence-corrected chi connectivity index (χ0v) is 8.39. The molecule has 0 aromatic carbocycles. The number of carbonyl (C=O) groups excluding carboxylic acids is 4. The standard InChI is InChI=1S/C8H11N3O4/c1-4(2)11-7(14)6(13)10(8(11)15)3-5(9)12/h4H,3H2,1-2H3,(H2,9,12). The molecule has 0 spiro atoms. The Kier molecular flexibility index (Phi) is 2.74. The lowest BCUT2D eigenvalue weighted by Crippen LogP contribution is -2.41. The molecule has 0 unspecified atom stereocenters. The number of carbonyl (C=O) groups is 4. The average molecular weight is 213 g/mol. The summed E-state index contributed by atoms with van der Waals surface area (Å²) in [7, 11) is 0. The summed E-state index contributed by atoms with van der Waals surface area (Å²) < 4.78 is 0. The lowest BCUT2D eigenvalue weighted by molar-refractivity contribution is -0.144. The number of amides is 5. The third-order valence-electron chi connectivity index (χ3n) is 1.91. The van der Waals surface area contributed by atoms with Crippen molar-refractivity contribution in [1.82, 2.24) is 9.80 Å². The number of nitrogens with two attached hydrogens (primary N) is 1. The molecule has 0 saturated carbocycles. The summed E-state index contributed by atoms with van der Waals surface area (Å²) in [6, 6.07) is -1.22. The van der Waals surface area contributed by atoms with Crippen LogP contribution in [0.25, 0.3) is 0 Å². The van der Waals surface area contributed by atoms with Gasteiger partial charge in [-0.1, -0.05) is 0 Å². The van der Waals surface area contributed by atoms with E-state index in [0.29, 0.717) is 4.90 Å². The van der Waals surface area contributed by atoms with Gasteiger partial charge in [-0.3, -0.25) is 19.3 Å². The van der Waals surface area contributed by atoms with Gasteiger partial charge in [-0.25, -0.2) is 9.69 Å². The Hall–Kier alpha value is -1.92. The van der Waals surface area contributed by atoms with Crippen LogP contribution in [0, 0.1) is 0 Å². The van der Waals surface area contributed by atoms with E-state index in [4.69, 9.17) is 5.73 Å². The van der Waals surface area contributed by atoms with Gasteiger partial charge in [0.15, 0.2) is 0 Å². The highest BCUT2D eigenvalue weighted by molar-refractivity contribution is 6.45. The van der Waals surface area contributed by atoms with Crippen LogP contribution in [0.1, 0.15) is 13.8 Å². The quantitative estimate of drug-likeness (QED) is 0.463. The van der Waals surface area contributed by atoms with Gasteiger partial charge in [-0.2, -0.15) is 0 Å². The predicted molar refractivity (Wildman–Crippen MR) is 48.3 cm³/mol.